The van der Waals surface area contributed by atoms with Gasteiger partial charge in [0.2, 0.25) is 0 Å². The zero-order valence-electron chi connectivity index (χ0n) is 10.8. The second-order valence-corrected chi connectivity index (χ2v) is 5.06. The van der Waals surface area contributed by atoms with Gasteiger partial charge in [-0.05, 0) is 49.2 Å². The van der Waals surface area contributed by atoms with Crippen LogP contribution in [0.5, 0.6) is 0 Å². The Balaban J connectivity index is 2.20. The predicted molar refractivity (Wildman–Crippen MR) is 73.8 cm³/mol. The van der Waals surface area contributed by atoms with Crippen LogP contribution in [0, 0.1) is 19.7 Å². The molecule has 0 bridgehead atoms. The van der Waals surface area contributed by atoms with Gasteiger partial charge in [0.25, 0.3) is 0 Å². The summed E-state index contributed by atoms with van der Waals surface area (Å²) in [4.78, 5) is 4.26. The monoisotopic (exact) mass is 279 g/mol. The third-order valence-corrected chi connectivity index (χ3v) is 3.21. The number of hydrogen-bond acceptors (Lipinski definition) is 2. The number of pyridine rings is 1. The van der Waals surface area contributed by atoms with Crippen molar-refractivity contribution in [1.82, 2.24) is 4.98 Å². The molecule has 1 unspecified atom stereocenters. The van der Waals surface area contributed by atoms with Crippen LogP contribution >= 0.6 is 11.6 Å². The van der Waals surface area contributed by atoms with Crippen molar-refractivity contribution >= 4 is 11.6 Å². The van der Waals surface area contributed by atoms with Crippen LogP contribution < -0.4 is 0 Å². The van der Waals surface area contributed by atoms with Gasteiger partial charge in [0.05, 0.1) is 11.1 Å². The third-order valence-electron chi connectivity index (χ3n) is 2.90. The van der Waals surface area contributed by atoms with Crippen molar-refractivity contribution < 1.29 is 9.50 Å². The van der Waals surface area contributed by atoms with Crippen LogP contribution in [0.25, 0.3) is 0 Å². The Bertz CT molecular complexity index is 580. The Morgan fingerprint density at radius 1 is 1.21 bits per heavy atom. The second kappa shape index (κ2) is 5.68. The minimum atomic E-state index is -0.680. The largest absolute Gasteiger partial charge is 0.388 e. The quantitative estimate of drug-likeness (QED) is 0.928. The molecule has 0 amide bonds. The first-order valence-corrected chi connectivity index (χ1v) is 6.40. The summed E-state index contributed by atoms with van der Waals surface area (Å²) in [5.74, 6) is -0.464. The average molecular weight is 280 g/mol. The van der Waals surface area contributed by atoms with Gasteiger partial charge in [-0.3, -0.25) is 4.98 Å². The van der Waals surface area contributed by atoms with Crippen LogP contribution in [0.2, 0.25) is 5.02 Å². The molecule has 1 atom stereocenters. The summed E-state index contributed by atoms with van der Waals surface area (Å²) in [5, 5.41) is 10.3. The Hall–Kier alpha value is -1.45. The zero-order chi connectivity index (χ0) is 14.0. The molecule has 4 heteroatoms. The molecular weight excluding hydrogens is 265 g/mol. The maximum absolute atomic E-state index is 13.3. The highest BCUT2D eigenvalue weighted by Gasteiger charge is 2.11. The Morgan fingerprint density at radius 2 is 1.84 bits per heavy atom. The first-order chi connectivity index (χ1) is 8.95. The van der Waals surface area contributed by atoms with E-state index in [2.05, 4.69) is 4.98 Å². The van der Waals surface area contributed by atoms with Crippen LogP contribution in [-0.4, -0.2) is 10.1 Å². The highest BCUT2D eigenvalue weighted by atomic mass is 35.5. The summed E-state index contributed by atoms with van der Waals surface area (Å²) in [6.45, 7) is 3.76. The molecule has 1 heterocycles. The highest BCUT2D eigenvalue weighted by molar-refractivity contribution is 6.30. The van der Waals surface area contributed by atoms with Crippen molar-refractivity contribution in [3.63, 3.8) is 0 Å². The number of aryl methyl sites for hydroxylation is 2. The zero-order valence-corrected chi connectivity index (χ0v) is 11.6. The molecule has 1 aromatic carbocycles. The van der Waals surface area contributed by atoms with Gasteiger partial charge >= 0.3 is 0 Å². The molecule has 0 saturated heterocycles. The normalized spacial score (nSPS) is 12.5. The fraction of sp³-hybridized carbons (Fsp3) is 0.267. The maximum Gasteiger partial charge on any atom is 0.142 e. The number of aliphatic hydroxyl groups is 1. The number of rotatable bonds is 3. The molecule has 0 aliphatic heterocycles. The minimum absolute atomic E-state index is 0.0915. The summed E-state index contributed by atoms with van der Waals surface area (Å²) in [6, 6.07) is 8.25. The molecule has 0 saturated carbocycles. The molecule has 100 valence electrons. The topological polar surface area (TPSA) is 33.1 Å². The molecule has 0 aliphatic carbocycles. The van der Waals surface area contributed by atoms with Gasteiger partial charge in [-0.2, -0.15) is 0 Å². The summed E-state index contributed by atoms with van der Waals surface area (Å²) in [7, 11) is 0. The van der Waals surface area contributed by atoms with Crippen molar-refractivity contribution in [3.05, 3.63) is 63.7 Å². The summed E-state index contributed by atoms with van der Waals surface area (Å²) < 4.78 is 13.3. The van der Waals surface area contributed by atoms with Crippen LogP contribution in [0.4, 0.5) is 4.39 Å². The molecule has 0 aliphatic rings. The fourth-order valence-corrected chi connectivity index (χ4v) is 2.18. The van der Waals surface area contributed by atoms with E-state index in [0.29, 0.717) is 12.0 Å². The first kappa shape index (κ1) is 14.0. The lowest BCUT2D eigenvalue weighted by atomic mass is 10.0. The van der Waals surface area contributed by atoms with Crippen LogP contribution in [-0.2, 0) is 6.42 Å². The number of aromatic nitrogens is 1. The van der Waals surface area contributed by atoms with E-state index >= 15 is 0 Å². The number of aliphatic hydroxyl groups excluding tert-OH is 1. The van der Waals surface area contributed by atoms with Gasteiger partial charge in [0.15, 0.2) is 0 Å². The molecule has 0 spiro atoms. The minimum Gasteiger partial charge on any atom is -0.388 e. The van der Waals surface area contributed by atoms with Crippen molar-refractivity contribution in [3.8, 4) is 0 Å². The van der Waals surface area contributed by atoms with E-state index < -0.39 is 11.9 Å². The van der Waals surface area contributed by atoms with Gasteiger partial charge in [0, 0.05) is 17.8 Å². The van der Waals surface area contributed by atoms with Crippen LogP contribution in [0.3, 0.4) is 0 Å². The Kier molecular flexibility index (Phi) is 4.17. The molecule has 19 heavy (non-hydrogen) atoms. The van der Waals surface area contributed by atoms with E-state index in [4.69, 9.17) is 11.6 Å². The standard InChI is InChI=1S/C15H15ClFNO/c1-9-5-12(6-10(2)18-9)15(19)8-11-3-4-13(16)14(17)7-11/h3-7,15,19H,8H2,1-2H3. The predicted octanol–water partition coefficient (Wildman–Crippen LogP) is 3.77. The van der Waals surface area contributed by atoms with Crippen LogP contribution in [0.1, 0.15) is 28.6 Å². The van der Waals surface area contributed by atoms with E-state index in [1.54, 1.807) is 6.07 Å². The molecule has 2 aromatic rings. The molecule has 1 N–H and O–H groups in total. The van der Waals surface area contributed by atoms with E-state index in [0.717, 1.165) is 17.0 Å². The van der Waals surface area contributed by atoms with Gasteiger partial charge in [0.1, 0.15) is 5.82 Å². The molecule has 2 nitrogen and oxygen atoms in total. The van der Waals surface area contributed by atoms with E-state index in [-0.39, 0.29) is 5.02 Å². The lowest BCUT2D eigenvalue weighted by Crippen LogP contribution is -2.04. The van der Waals surface area contributed by atoms with Crippen molar-refractivity contribution in [2.45, 2.75) is 26.4 Å². The maximum atomic E-state index is 13.3. The van der Waals surface area contributed by atoms with Crippen molar-refractivity contribution in [2.75, 3.05) is 0 Å². The number of halogens is 2. The third kappa shape index (κ3) is 3.52. The lowest BCUT2D eigenvalue weighted by molar-refractivity contribution is 0.178. The Morgan fingerprint density at radius 3 is 2.42 bits per heavy atom. The fourth-order valence-electron chi connectivity index (χ4n) is 2.07. The van der Waals surface area contributed by atoms with E-state index in [1.807, 2.05) is 26.0 Å². The van der Waals surface area contributed by atoms with Gasteiger partial charge in [-0.15, -0.1) is 0 Å². The Labute approximate surface area is 116 Å². The summed E-state index contributed by atoms with van der Waals surface area (Å²) >= 11 is 5.63. The van der Waals surface area contributed by atoms with E-state index in [9.17, 15) is 9.50 Å². The second-order valence-electron chi connectivity index (χ2n) is 4.65. The molecular formula is C15H15ClFNO. The smallest absolute Gasteiger partial charge is 0.142 e. The van der Waals surface area contributed by atoms with Crippen molar-refractivity contribution in [2.24, 2.45) is 0 Å². The average Bonchev–Trinajstić information content (AvgIpc) is 2.32. The summed E-state index contributed by atoms with van der Waals surface area (Å²) in [5.41, 5.74) is 3.22. The lowest BCUT2D eigenvalue weighted by Gasteiger charge is -2.13. The van der Waals surface area contributed by atoms with Crippen LogP contribution in [0.15, 0.2) is 30.3 Å². The highest BCUT2D eigenvalue weighted by Crippen LogP contribution is 2.22. The molecule has 0 radical (unpaired) electrons. The molecule has 1 aromatic heterocycles. The van der Waals surface area contributed by atoms with Gasteiger partial charge in [-0.1, -0.05) is 17.7 Å². The number of hydrogen-bond donors (Lipinski definition) is 1. The molecule has 2 rings (SSSR count). The number of benzene rings is 1. The molecule has 0 fully saturated rings. The SMILES string of the molecule is Cc1cc(C(O)Cc2ccc(Cl)c(F)c2)cc(C)n1. The van der Waals surface area contributed by atoms with E-state index in [1.165, 1.54) is 12.1 Å². The van der Waals surface area contributed by atoms with Crippen molar-refractivity contribution in [1.29, 1.82) is 0 Å². The van der Waals surface area contributed by atoms with Gasteiger partial charge < -0.3 is 5.11 Å². The first-order valence-electron chi connectivity index (χ1n) is 6.03. The summed E-state index contributed by atoms with van der Waals surface area (Å²) in [6.07, 6.45) is -0.335. The van der Waals surface area contributed by atoms with Gasteiger partial charge in [-0.25, -0.2) is 4.39 Å². The number of nitrogens with zero attached hydrogens (tertiary/aromatic N) is 1.